The first kappa shape index (κ1) is 45.6. The van der Waals surface area contributed by atoms with Gasteiger partial charge in [-0.2, -0.15) is 0 Å². The van der Waals surface area contributed by atoms with Gasteiger partial charge in [0.15, 0.2) is 30.1 Å². The number of nitrogens with two attached hydrogens (primary N) is 1. The van der Waals surface area contributed by atoms with E-state index >= 15 is 0 Å². The third kappa shape index (κ3) is 12.7. The summed E-state index contributed by atoms with van der Waals surface area (Å²) >= 11 is 35.6. The van der Waals surface area contributed by atoms with Crippen molar-refractivity contribution >= 4 is 81.9 Å². The molecule has 3 saturated heterocycles. The second kappa shape index (κ2) is 19.1. The molecule has 15 nitrogen and oxygen atoms in total. The number of carbonyl (C=O) groups excluding carboxylic acids is 2. The highest BCUT2D eigenvalue weighted by Crippen LogP contribution is 2.41. The standard InChI is InChI=1S/C33H44Cl6N2O13/c1-6-12-45-27-21(41-28(43)48-16-32(34,35)36)25(52-29(44)54-30(2,3)33(37,38)39)24(46-13-17-10-8-7-9-11-17)18(51-27)14-47-26-20(40)22(42)23-19(50-26)15-49-31(4,5)53-23/h6-11,18-27,42H,1,12-16,40H2,2-5H3,(H,41,43)/t18-,19-,20-,21-,22-,23-,24-,25-,26-,27+/m1/s1. The highest BCUT2D eigenvalue weighted by atomic mass is 35.6. The van der Waals surface area contributed by atoms with Gasteiger partial charge in [0.1, 0.15) is 43.2 Å². The Morgan fingerprint density at radius 3 is 2.35 bits per heavy atom. The maximum Gasteiger partial charge on any atom is 0.509 e. The van der Waals surface area contributed by atoms with Gasteiger partial charge in [0.25, 0.3) is 0 Å². The first-order valence-corrected chi connectivity index (χ1v) is 18.9. The van der Waals surface area contributed by atoms with Crippen LogP contribution in [0.25, 0.3) is 0 Å². The highest BCUT2D eigenvalue weighted by molar-refractivity contribution is 6.68. The molecule has 4 rings (SSSR count). The van der Waals surface area contributed by atoms with Crippen LogP contribution in [0.1, 0.15) is 33.3 Å². The number of aliphatic hydroxyl groups excluding tert-OH is 1. The second-order valence-electron chi connectivity index (χ2n) is 13.5. The number of alkyl carbamates (subject to hydrolysis) is 1. The van der Waals surface area contributed by atoms with Gasteiger partial charge in [-0.3, -0.25) is 0 Å². The van der Waals surface area contributed by atoms with Crippen molar-refractivity contribution in [3.05, 3.63) is 48.6 Å². The molecule has 0 bridgehead atoms. The fourth-order valence-corrected chi connectivity index (χ4v) is 5.82. The van der Waals surface area contributed by atoms with Gasteiger partial charge in [-0.15, -0.1) is 6.58 Å². The predicted octanol–water partition coefficient (Wildman–Crippen LogP) is 5.22. The summed E-state index contributed by atoms with van der Waals surface area (Å²) in [5.74, 6) is -0.971. The maximum atomic E-state index is 13.5. The zero-order valence-electron chi connectivity index (χ0n) is 29.7. The molecule has 0 unspecified atom stereocenters. The molecule has 4 N–H and O–H groups in total. The average molecular weight is 889 g/mol. The van der Waals surface area contributed by atoms with E-state index in [0.717, 1.165) is 5.56 Å². The van der Waals surface area contributed by atoms with Crippen LogP contribution in [-0.2, 0) is 54.0 Å². The minimum Gasteiger partial charge on any atom is -0.445 e. The van der Waals surface area contributed by atoms with Crippen LogP contribution >= 0.6 is 69.6 Å². The van der Waals surface area contributed by atoms with Crippen LogP contribution in [0.3, 0.4) is 0 Å². The number of halogens is 6. The Hall–Kier alpha value is -1.12. The van der Waals surface area contributed by atoms with Crippen molar-refractivity contribution in [3.8, 4) is 0 Å². The van der Waals surface area contributed by atoms with Gasteiger partial charge in [-0.1, -0.05) is 106 Å². The van der Waals surface area contributed by atoms with E-state index in [1.165, 1.54) is 19.9 Å². The molecular weight excluding hydrogens is 845 g/mol. The fourth-order valence-electron chi connectivity index (χ4n) is 5.54. The summed E-state index contributed by atoms with van der Waals surface area (Å²) in [6.07, 6.45) is -10.2. The molecule has 3 aliphatic rings. The average Bonchev–Trinajstić information content (AvgIpc) is 3.07. The van der Waals surface area contributed by atoms with Crippen molar-refractivity contribution in [1.82, 2.24) is 5.32 Å². The fraction of sp³-hybridized carbons (Fsp3) is 0.697. The largest absolute Gasteiger partial charge is 0.509 e. The lowest BCUT2D eigenvalue weighted by atomic mass is 9.95. The molecule has 3 fully saturated rings. The molecule has 1 amide bonds. The summed E-state index contributed by atoms with van der Waals surface area (Å²) in [6.45, 7) is 8.73. The number of nitrogens with one attached hydrogen (secondary N) is 1. The van der Waals surface area contributed by atoms with Crippen molar-refractivity contribution in [2.45, 2.75) is 115 Å². The van der Waals surface area contributed by atoms with E-state index in [0.29, 0.717) is 0 Å². The molecule has 306 valence electrons. The lowest BCUT2D eigenvalue weighted by Crippen LogP contribution is -2.68. The predicted molar refractivity (Wildman–Crippen MR) is 198 cm³/mol. The first-order valence-electron chi connectivity index (χ1n) is 16.6. The van der Waals surface area contributed by atoms with Crippen molar-refractivity contribution in [1.29, 1.82) is 0 Å². The Labute approximate surface area is 343 Å². The van der Waals surface area contributed by atoms with Gasteiger partial charge in [0.05, 0.1) is 32.5 Å². The summed E-state index contributed by atoms with van der Waals surface area (Å²) in [5.41, 5.74) is 5.40. The maximum absolute atomic E-state index is 13.5. The number of benzene rings is 1. The molecule has 0 aromatic heterocycles. The van der Waals surface area contributed by atoms with Crippen molar-refractivity contribution in [2.24, 2.45) is 5.73 Å². The third-order valence-corrected chi connectivity index (χ3v) is 10.1. The molecular formula is C33H44Cl6N2O13. The first-order chi connectivity index (χ1) is 25.1. The zero-order valence-corrected chi connectivity index (χ0v) is 34.2. The number of alkyl halides is 6. The third-order valence-electron chi connectivity index (χ3n) is 8.38. The minimum atomic E-state index is -2.08. The van der Waals surface area contributed by atoms with Crippen molar-refractivity contribution < 1.29 is 62.1 Å². The minimum absolute atomic E-state index is 0.0467. The van der Waals surface area contributed by atoms with Gasteiger partial charge < -0.3 is 63.5 Å². The van der Waals surface area contributed by atoms with Gasteiger partial charge >= 0.3 is 12.2 Å². The molecule has 54 heavy (non-hydrogen) atoms. The monoisotopic (exact) mass is 886 g/mol. The summed E-state index contributed by atoms with van der Waals surface area (Å²) in [4.78, 5) is 26.6. The summed E-state index contributed by atoms with van der Waals surface area (Å²) in [5, 5.41) is 13.6. The number of carbonyl (C=O) groups is 2. The van der Waals surface area contributed by atoms with Crippen molar-refractivity contribution in [2.75, 3.05) is 26.4 Å². The van der Waals surface area contributed by atoms with E-state index in [1.807, 2.05) is 6.07 Å². The second-order valence-corrected chi connectivity index (χ2v) is 18.3. The topological polar surface area (TPSA) is 185 Å². The molecule has 0 saturated carbocycles. The van der Waals surface area contributed by atoms with Crippen molar-refractivity contribution in [3.63, 3.8) is 0 Å². The van der Waals surface area contributed by atoms with Gasteiger partial charge in [-0.25, -0.2) is 9.59 Å². The van der Waals surface area contributed by atoms with E-state index in [2.05, 4.69) is 11.9 Å². The quantitative estimate of drug-likeness (QED) is 0.133. The van der Waals surface area contributed by atoms with Gasteiger partial charge in [-0.05, 0) is 33.3 Å². The molecule has 21 heteroatoms. The molecule has 10 atom stereocenters. The van der Waals surface area contributed by atoms with Crippen LogP contribution in [0.4, 0.5) is 9.59 Å². The normalized spacial score (nSPS) is 31.5. The lowest BCUT2D eigenvalue weighted by molar-refractivity contribution is -0.371. The van der Waals surface area contributed by atoms with Gasteiger partial charge in [0.2, 0.25) is 7.59 Å². The molecule has 1 aromatic rings. The molecule has 3 heterocycles. The number of amides is 1. The van der Waals surface area contributed by atoms with E-state index in [-0.39, 0.29) is 26.4 Å². The number of hydrogen-bond acceptors (Lipinski definition) is 14. The Kier molecular flexibility index (Phi) is 16.1. The SMILES string of the molecule is C=CCO[C@H]1O[C@H](CO[C@@H]2O[C@@H]3COC(C)(C)O[C@H]3[C@H](O)[C@H]2N)[C@@H](OCc2ccccc2)[C@H](OC(=O)OC(C)(C)C(Cl)(Cl)Cl)[C@H]1NC(=O)OCC(Cl)(Cl)Cl. The van der Waals surface area contributed by atoms with Crippen LogP contribution in [-0.4, -0.2) is 124 Å². The van der Waals surface area contributed by atoms with E-state index in [4.69, 9.17) is 123 Å². The molecule has 0 aliphatic carbocycles. The van der Waals surface area contributed by atoms with Crippen LogP contribution < -0.4 is 11.1 Å². The Morgan fingerprint density at radius 1 is 1.04 bits per heavy atom. The number of ether oxygens (including phenoxy) is 10. The van der Waals surface area contributed by atoms with E-state index in [1.54, 1.807) is 38.1 Å². The summed E-state index contributed by atoms with van der Waals surface area (Å²) in [6, 6.07) is 6.54. The molecule has 0 spiro atoms. The Morgan fingerprint density at radius 2 is 1.72 bits per heavy atom. The van der Waals surface area contributed by atoms with Crippen LogP contribution in [0.15, 0.2) is 43.0 Å². The number of fused-ring (bicyclic) bond motifs is 1. The van der Waals surface area contributed by atoms with Gasteiger partial charge in [0, 0.05) is 0 Å². The summed E-state index contributed by atoms with van der Waals surface area (Å²) < 4.78 is 54.7. The van der Waals surface area contributed by atoms with Crippen LogP contribution in [0, 0.1) is 0 Å². The smallest absolute Gasteiger partial charge is 0.445 e. The number of aliphatic hydroxyl groups is 1. The number of hydrogen-bond donors (Lipinski definition) is 3. The zero-order chi connectivity index (χ0) is 40.1. The number of rotatable bonds is 13. The molecule has 1 aromatic carbocycles. The van der Waals surface area contributed by atoms with Crippen LogP contribution in [0.5, 0.6) is 0 Å². The van der Waals surface area contributed by atoms with E-state index < -0.39 is 99.1 Å². The highest BCUT2D eigenvalue weighted by Gasteiger charge is 2.54. The Bertz CT molecular complexity index is 1400. The molecule has 0 radical (unpaired) electrons. The molecule has 3 aliphatic heterocycles. The van der Waals surface area contributed by atoms with Crippen LogP contribution in [0.2, 0.25) is 0 Å². The Balaban J connectivity index is 1.67. The lowest BCUT2D eigenvalue weighted by Gasteiger charge is -2.49. The van der Waals surface area contributed by atoms with E-state index in [9.17, 15) is 14.7 Å². The summed E-state index contributed by atoms with van der Waals surface area (Å²) in [7, 11) is 0.